The molecule has 1 aliphatic carbocycles. The highest BCUT2D eigenvalue weighted by Gasteiger charge is 2.34. The third-order valence-electron chi connectivity index (χ3n) is 3.43. The first-order valence-electron chi connectivity index (χ1n) is 6.58. The van der Waals surface area contributed by atoms with Crippen molar-refractivity contribution in [1.29, 1.82) is 0 Å². The molecule has 1 heterocycles. The van der Waals surface area contributed by atoms with Crippen molar-refractivity contribution in [2.75, 3.05) is 10.7 Å². The number of anilines is 2. The second kappa shape index (κ2) is 5.82. The van der Waals surface area contributed by atoms with Gasteiger partial charge in [-0.05, 0) is 18.8 Å². The van der Waals surface area contributed by atoms with Gasteiger partial charge in [-0.1, -0.05) is 19.8 Å². The Morgan fingerprint density at radius 1 is 1.30 bits per heavy atom. The average Bonchev–Trinajstić information content (AvgIpc) is 2.37. The lowest BCUT2D eigenvalue weighted by atomic mass is 9.87. The highest BCUT2D eigenvalue weighted by Crippen LogP contribution is 2.31. The fraction of sp³-hybridized carbons (Fsp3) is 0.667. The zero-order valence-corrected chi connectivity index (χ0v) is 11.2. The number of aromatic nitrogens is 2. The topological polar surface area (TPSA) is 75.9 Å². The molecule has 1 fully saturated rings. The molecule has 2 rings (SSSR count). The van der Waals surface area contributed by atoms with Crippen LogP contribution in [0.25, 0.3) is 0 Å². The fourth-order valence-corrected chi connectivity index (χ4v) is 2.51. The lowest BCUT2D eigenvalue weighted by molar-refractivity contribution is -0.141. The molecule has 0 aliphatic heterocycles. The lowest BCUT2D eigenvalue weighted by Gasteiger charge is -2.28. The summed E-state index contributed by atoms with van der Waals surface area (Å²) in [4.78, 5) is 7.25. The maximum atomic E-state index is 12.7. The normalized spacial score (nSPS) is 23.4. The van der Waals surface area contributed by atoms with E-state index in [1.807, 2.05) is 0 Å². The van der Waals surface area contributed by atoms with Crippen LogP contribution in [-0.4, -0.2) is 16.0 Å². The Morgan fingerprint density at radius 2 is 2.05 bits per heavy atom. The number of rotatable bonds is 3. The van der Waals surface area contributed by atoms with Gasteiger partial charge in [0.05, 0.1) is 0 Å². The number of halogens is 3. The van der Waals surface area contributed by atoms with Crippen LogP contribution in [0.5, 0.6) is 0 Å². The predicted octanol–water partition coefficient (Wildman–Crippen LogP) is 2.77. The van der Waals surface area contributed by atoms with Gasteiger partial charge in [0.1, 0.15) is 5.82 Å². The van der Waals surface area contributed by atoms with E-state index in [1.54, 1.807) is 0 Å². The summed E-state index contributed by atoms with van der Waals surface area (Å²) in [7, 11) is 0. The number of hydrogen-bond acceptors (Lipinski definition) is 5. The molecule has 8 heteroatoms. The van der Waals surface area contributed by atoms with Crippen LogP contribution in [0.15, 0.2) is 6.07 Å². The molecule has 20 heavy (non-hydrogen) atoms. The van der Waals surface area contributed by atoms with E-state index in [2.05, 4.69) is 27.6 Å². The van der Waals surface area contributed by atoms with Crippen LogP contribution < -0.4 is 16.6 Å². The number of nitrogens with zero attached hydrogens (tertiary/aromatic N) is 2. The van der Waals surface area contributed by atoms with Crippen molar-refractivity contribution in [3.8, 4) is 0 Å². The van der Waals surface area contributed by atoms with Crippen LogP contribution in [0.2, 0.25) is 0 Å². The number of hydrazine groups is 1. The Labute approximate surface area is 115 Å². The van der Waals surface area contributed by atoms with E-state index in [-0.39, 0.29) is 17.8 Å². The van der Waals surface area contributed by atoms with Crippen molar-refractivity contribution in [3.63, 3.8) is 0 Å². The lowest BCUT2D eigenvalue weighted by Crippen LogP contribution is -2.27. The molecule has 1 aliphatic rings. The summed E-state index contributed by atoms with van der Waals surface area (Å²) in [6.07, 6.45) is -0.438. The predicted molar refractivity (Wildman–Crippen MR) is 69.9 cm³/mol. The van der Waals surface area contributed by atoms with Crippen molar-refractivity contribution in [2.24, 2.45) is 11.8 Å². The van der Waals surface area contributed by atoms with E-state index < -0.39 is 11.9 Å². The highest BCUT2D eigenvalue weighted by molar-refractivity contribution is 5.43. The van der Waals surface area contributed by atoms with Crippen molar-refractivity contribution in [1.82, 2.24) is 9.97 Å². The minimum atomic E-state index is -4.52. The molecule has 4 N–H and O–H groups in total. The zero-order chi connectivity index (χ0) is 14.8. The Morgan fingerprint density at radius 3 is 2.65 bits per heavy atom. The first-order valence-corrected chi connectivity index (χ1v) is 6.58. The van der Waals surface area contributed by atoms with Gasteiger partial charge in [0.15, 0.2) is 5.69 Å². The van der Waals surface area contributed by atoms with Crippen LogP contribution in [-0.2, 0) is 6.18 Å². The largest absolute Gasteiger partial charge is 0.433 e. The minimum absolute atomic E-state index is 0.139. The van der Waals surface area contributed by atoms with E-state index in [0.29, 0.717) is 5.92 Å². The molecule has 1 aromatic heterocycles. The van der Waals surface area contributed by atoms with Gasteiger partial charge >= 0.3 is 6.18 Å². The van der Waals surface area contributed by atoms with E-state index >= 15 is 0 Å². The summed E-state index contributed by atoms with van der Waals surface area (Å²) >= 11 is 0. The Kier molecular flexibility index (Phi) is 4.32. The van der Waals surface area contributed by atoms with Gasteiger partial charge < -0.3 is 5.32 Å². The van der Waals surface area contributed by atoms with Crippen LogP contribution in [0.4, 0.5) is 24.9 Å². The summed E-state index contributed by atoms with van der Waals surface area (Å²) in [5, 5.41) is 3.05. The number of nitrogens with one attached hydrogen (secondary N) is 2. The summed E-state index contributed by atoms with van der Waals surface area (Å²) in [6.45, 7) is 2.14. The zero-order valence-electron chi connectivity index (χ0n) is 11.2. The van der Waals surface area contributed by atoms with E-state index in [4.69, 9.17) is 5.84 Å². The molecule has 0 aromatic carbocycles. The van der Waals surface area contributed by atoms with Crippen molar-refractivity contribution in [3.05, 3.63) is 11.8 Å². The third kappa shape index (κ3) is 3.72. The Balaban J connectivity index is 2.18. The van der Waals surface area contributed by atoms with Gasteiger partial charge in [-0.25, -0.2) is 10.8 Å². The molecule has 112 valence electrons. The van der Waals surface area contributed by atoms with Gasteiger partial charge in [0.25, 0.3) is 0 Å². The number of alkyl halides is 3. The monoisotopic (exact) mass is 289 g/mol. The van der Waals surface area contributed by atoms with Crippen molar-refractivity contribution in [2.45, 2.75) is 44.8 Å². The van der Waals surface area contributed by atoms with E-state index in [0.717, 1.165) is 31.7 Å². The first kappa shape index (κ1) is 14.8. The third-order valence-corrected chi connectivity index (χ3v) is 3.43. The number of hydrogen-bond donors (Lipinski definition) is 3. The smallest absolute Gasteiger partial charge is 0.367 e. The van der Waals surface area contributed by atoms with E-state index in [9.17, 15) is 13.2 Å². The van der Waals surface area contributed by atoms with Gasteiger partial charge in [-0.3, -0.25) is 5.43 Å². The second-order valence-electron chi connectivity index (χ2n) is 5.22. The summed E-state index contributed by atoms with van der Waals surface area (Å²) in [5.41, 5.74) is 1.06. The van der Waals surface area contributed by atoms with Crippen molar-refractivity contribution < 1.29 is 13.2 Å². The molecule has 0 spiro atoms. The van der Waals surface area contributed by atoms with Crippen LogP contribution in [0.3, 0.4) is 0 Å². The molecule has 5 nitrogen and oxygen atoms in total. The quantitative estimate of drug-likeness (QED) is 0.589. The number of nitrogen functional groups attached to an aromatic ring is 1. The van der Waals surface area contributed by atoms with Gasteiger partial charge in [0.2, 0.25) is 5.95 Å². The fourth-order valence-electron chi connectivity index (χ4n) is 2.51. The van der Waals surface area contributed by atoms with Crippen LogP contribution in [0.1, 0.15) is 38.3 Å². The van der Waals surface area contributed by atoms with Crippen LogP contribution >= 0.6 is 0 Å². The standard InChI is InChI=1S/C12H18F3N5/c1-7-3-2-4-8(5-7)17-10-6-9(12(13,14)15)18-11(19-10)20-16/h6-8H,2-5,16H2,1H3,(H2,17,18,19,20). The van der Waals surface area contributed by atoms with Gasteiger partial charge in [-0.15, -0.1) is 0 Å². The molecule has 1 aromatic rings. The molecule has 0 radical (unpaired) electrons. The maximum Gasteiger partial charge on any atom is 0.433 e. The SMILES string of the molecule is CC1CCCC(Nc2cc(C(F)(F)F)nc(NN)n2)C1. The first-order chi connectivity index (χ1) is 9.38. The van der Waals surface area contributed by atoms with E-state index in [1.165, 1.54) is 0 Å². The molecule has 0 saturated heterocycles. The number of nitrogens with two attached hydrogens (primary N) is 1. The molecular formula is C12H18F3N5. The molecule has 0 bridgehead atoms. The molecule has 1 saturated carbocycles. The van der Waals surface area contributed by atoms with Gasteiger partial charge in [0, 0.05) is 12.1 Å². The van der Waals surface area contributed by atoms with Gasteiger partial charge in [-0.2, -0.15) is 18.2 Å². The van der Waals surface area contributed by atoms with Crippen LogP contribution in [0, 0.1) is 5.92 Å². The molecule has 0 amide bonds. The van der Waals surface area contributed by atoms with Crippen molar-refractivity contribution >= 4 is 11.8 Å². The average molecular weight is 289 g/mol. The molecular weight excluding hydrogens is 271 g/mol. The maximum absolute atomic E-state index is 12.7. The Bertz CT molecular complexity index is 463. The summed E-state index contributed by atoms with van der Waals surface area (Å²) < 4.78 is 38.2. The second-order valence-corrected chi connectivity index (χ2v) is 5.22. The molecule has 2 unspecified atom stereocenters. The Hall–Kier alpha value is -1.57. The summed E-state index contributed by atoms with van der Waals surface area (Å²) in [5.74, 6) is 5.59. The highest BCUT2D eigenvalue weighted by atomic mass is 19.4. The summed E-state index contributed by atoms with van der Waals surface area (Å²) in [6, 6.07) is 1.06. The molecule has 2 atom stereocenters. The minimum Gasteiger partial charge on any atom is -0.367 e.